The van der Waals surface area contributed by atoms with Crippen LogP contribution in [-0.2, 0) is 9.59 Å². The summed E-state index contributed by atoms with van der Waals surface area (Å²) in [5.41, 5.74) is -0.765. The van der Waals surface area contributed by atoms with Crippen molar-refractivity contribution in [3.63, 3.8) is 0 Å². The highest BCUT2D eigenvalue weighted by atomic mass is 19.3. The molecule has 1 fully saturated rings. The average Bonchev–Trinajstić information content (AvgIpc) is 2.53. The number of amides is 2. The fourth-order valence-corrected chi connectivity index (χ4v) is 2.11. The Morgan fingerprint density at radius 1 is 1.35 bits per heavy atom. The summed E-state index contributed by atoms with van der Waals surface area (Å²) >= 11 is 0. The molecule has 17 heavy (non-hydrogen) atoms. The molecule has 6 heteroatoms. The zero-order valence-electron chi connectivity index (χ0n) is 9.95. The Bertz CT molecular complexity index is 316. The second-order valence-electron chi connectivity index (χ2n) is 4.38. The molecule has 4 nitrogen and oxygen atoms in total. The monoisotopic (exact) mass is 249 g/mol. The van der Waals surface area contributed by atoms with E-state index in [4.69, 9.17) is 5.11 Å². The second-order valence-corrected chi connectivity index (χ2v) is 4.38. The van der Waals surface area contributed by atoms with Gasteiger partial charge in [-0.25, -0.2) is 8.78 Å². The minimum absolute atomic E-state index is 0.0504. The van der Waals surface area contributed by atoms with Crippen LogP contribution in [0, 0.1) is 5.41 Å². The Labute approximate surface area is 98.6 Å². The summed E-state index contributed by atoms with van der Waals surface area (Å²) in [5, 5.41) is 9.04. The van der Waals surface area contributed by atoms with Gasteiger partial charge in [0.15, 0.2) is 0 Å². The molecule has 1 heterocycles. The lowest BCUT2D eigenvalue weighted by molar-refractivity contribution is -0.144. The van der Waals surface area contributed by atoms with Crippen molar-refractivity contribution in [2.75, 3.05) is 6.54 Å². The molecule has 0 aromatic heterocycles. The molecule has 2 amide bonds. The van der Waals surface area contributed by atoms with Crippen LogP contribution in [0.1, 0.15) is 33.1 Å². The van der Waals surface area contributed by atoms with E-state index in [0.29, 0.717) is 12.8 Å². The van der Waals surface area contributed by atoms with Crippen LogP contribution in [-0.4, -0.2) is 40.9 Å². The number of carbonyl (C=O) groups is 2. The van der Waals surface area contributed by atoms with Gasteiger partial charge in [-0.1, -0.05) is 13.8 Å². The van der Waals surface area contributed by atoms with Gasteiger partial charge in [0.05, 0.1) is 12.0 Å². The van der Waals surface area contributed by atoms with Crippen LogP contribution in [0.5, 0.6) is 0 Å². The number of aliphatic hydroxyl groups excluding tert-OH is 1. The van der Waals surface area contributed by atoms with E-state index in [9.17, 15) is 18.4 Å². The van der Waals surface area contributed by atoms with E-state index in [-0.39, 0.29) is 6.42 Å². The highest BCUT2D eigenvalue weighted by Crippen LogP contribution is 2.39. The average molecular weight is 249 g/mol. The lowest BCUT2D eigenvalue weighted by atomic mass is 9.81. The number of aliphatic hydroxyl groups is 1. The molecular weight excluding hydrogens is 232 g/mol. The van der Waals surface area contributed by atoms with Crippen molar-refractivity contribution in [3.05, 3.63) is 0 Å². The summed E-state index contributed by atoms with van der Waals surface area (Å²) in [6.07, 6.45) is -3.87. The molecule has 0 aromatic carbocycles. The highest BCUT2D eigenvalue weighted by molar-refractivity contribution is 6.05. The highest BCUT2D eigenvalue weighted by Gasteiger charge is 2.49. The number of nitrogens with zero attached hydrogens (tertiary/aromatic N) is 1. The lowest BCUT2D eigenvalue weighted by Gasteiger charge is -2.24. The van der Waals surface area contributed by atoms with Gasteiger partial charge < -0.3 is 5.11 Å². The first-order chi connectivity index (χ1) is 7.88. The predicted molar refractivity (Wildman–Crippen MR) is 56.4 cm³/mol. The zero-order chi connectivity index (χ0) is 13.2. The molecule has 0 aliphatic carbocycles. The van der Waals surface area contributed by atoms with Crippen molar-refractivity contribution in [2.24, 2.45) is 5.41 Å². The van der Waals surface area contributed by atoms with Crippen molar-refractivity contribution in [2.45, 2.75) is 45.6 Å². The molecule has 98 valence electrons. The number of hydrogen-bond donors (Lipinski definition) is 1. The van der Waals surface area contributed by atoms with Gasteiger partial charge in [0, 0.05) is 6.42 Å². The first kappa shape index (κ1) is 14.0. The minimum atomic E-state index is -2.95. The van der Waals surface area contributed by atoms with E-state index in [2.05, 4.69) is 0 Å². The van der Waals surface area contributed by atoms with E-state index in [1.807, 2.05) is 0 Å². The predicted octanol–water partition coefficient (Wildman–Crippen LogP) is 1.18. The third-order valence-electron chi connectivity index (χ3n) is 3.50. The topological polar surface area (TPSA) is 57.6 Å². The molecular formula is C11H17F2NO3. The van der Waals surface area contributed by atoms with Crippen molar-refractivity contribution < 1.29 is 23.5 Å². The van der Waals surface area contributed by atoms with Crippen molar-refractivity contribution >= 4 is 11.8 Å². The first-order valence-electron chi connectivity index (χ1n) is 5.69. The Morgan fingerprint density at radius 3 is 2.24 bits per heavy atom. The molecule has 1 aliphatic heterocycles. The quantitative estimate of drug-likeness (QED) is 0.744. The van der Waals surface area contributed by atoms with Crippen molar-refractivity contribution in [3.8, 4) is 0 Å². The van der Waals surface area contributed by atoms with E-state index < -0.39 is 36.3 Å². The largest absolute Gasteiger partial charge is 0.385 e. The van der Waals surface area contributed by atoms with Gasteiger partial charge >= 0.3 is 0 Å². The van der Waals surface area contributed by atoms with Gasteiger partial charge in [-0.2, -0.15) is 0 Å². The number of carbonyl (C=O) groups excluding carboxylic acids is 2. The summed E-state index contributed by atoms with van der Waals surface area (Å²) in [4.78, 5) is 24.4. The fraction of sp³-hybridized carbons (Fsp3) is 0.818. The van der Waals surface area contributed by atoms with Crippen LogP contribution in [0.2, 0.25) is 0 Å². The Morgan fingerprint density at radius 2 is 1.88 bits per heavy atom. The van der Waals surface area contributed by atoms with Gasteiger partial charge in [-0.3, -0.25) is 14.5 Å². The zero-order valence-corrected chi connectivity index (χ0v) is 9.95. The number of likely N-dealkylation sites (tertiary alicyclic amines) is 1. The first-order valence-corrected chi connectivity index (χ1v) is 5.69. The number of hydrogen-bond acceptors (Lipinski definition) is 3. The maximum Gasteiger partial charge on any atom is 0.265 e. The number of halogens is 2. The summed E-state index contributed by atoms with van der Waals surface area (Å²) in [6.45, 7) is 2.97. The van der Waals surface area contributed by atoms with Crippen LogP contribution < -0.4 is 0 Å². The molecule has 1 saturated heterocycles. The third-order valence-corrected chi connectivity index (χ3v) is 3.50. The van der Waals surface area contributed by atoms with Crippen LogP contribution in [0.25, 0.3) is 0 Å². The normalized spacial score (nSPS) is 21.4. The third kappa shape index (κ3) is 2.46. The van der Waals surface area contributed by atoms with Crippen molar-refractivity contribution in [1.29, 1.82) is 0 Å². The summed E-state index contributed by atoms with van der Waals surface area (Å²) in [7, 11) is 0. The van der Waals surface area contributed by atoms with Gasteiger partial charge in [0.1, 0.15) is 6.10 Å². The van der Waals surface area contributed by atoms with Crippen molar-refractivity contribution in [1.82, 2.24) is 4.90 Å². The number of β-amino-alcohol motifs (C(OH)–C–C–N with tert-alkyl or cyclic N) is 1. The molecule has 1 aliphatic rings. The summed E-state index contributed by atoms with van der Waals surface area (Å²) < 4.78 is 24.4. The molecule has 0 spiro atoms. The van der Waals surface area contributed by atoms with Gasteiger partial charge in [0.25, 0.3) is 6.43 Å². The minimum Gasteiger partial charge on any atom is -0.385 e. The fourth-order valence-electron chi connectivity index (χ4n) is 2.11. The standard InChI is InChI=1S/C11H17F2NO3/c1-3-11(4-2)5-8(16)14(10(11)17)6-7(15)9(12)13/h7,9,15H,3-6H2,1-2H3. The Kier molecular flexibility index (Phi) is 4.19. The number of rotatable bonds is 5. The van der Waals surface area contributed by atoms with Crippen LogP contribution in [0.3, 0.4) is 0 Å². The van der Waals surface area contributed by atoms with E-state index in [1.54, 1.807) is 13.8 Å². The summed E-state index contributed by atoms with van der Waals surface area (Å²) in [5.74, 6) is -0.911. The Balaban J connectivity index is 2.82. The maximum atomic E-state index is 12.2. The van der Waals surface area contributed by atoms with Gasteiger partial charge in [-0.05, 0) is 12.8 Å². The van der Waals surface area contributed by atoms with E-state index in [0.717, 1.165) is 4.90 Å². The lowest BCUT2D eigenvalue weighted by Crippen LogP contribution is -2.42. The van der Waals surface area contributed by atoms with Crippen LogP contribution >= 0.6 is 0 Å². The Hall–Kier alpha value is -1.04. The molecule has 1 N–H and O–H groups in total. The molecule has 1 rings (SSSR count). The van der Waals surface area contributed by atoms with Crippen LogP contribution in [0.15, 0.2) is 0 Å². The van der Waals surface area contributed by atoms with Crippen LogP contribution in [0.4, 0.5) is 8.78 Å². The van der Waals surface area contributed by atoms with E-state index >= 15 is 0 Å². The number of imide groups is 1. The molecule has 1 atom stereocenters. The maximum absolute atomic E-state index is 12.2. The number of alkyl halides is 2. The second kappa shape index (κ2) is 5.08. The van der Waals surface area contributed by atoms with E-state index in [1.165, 1.54) is 0 Å². The molecule has 0 aromatic rings. The molecule has 0 saturated carbocycles. The molecule has 0 radical (unpaired) electrons. The molecule has 0 bridgehead atoms. The molecule has 1 unspecified atom stereocenters. The SMILES string of the molecule is CCC1(CC)CC(=O)N(CC(O)C(F)F)C1=O. The van der Waals surface area contributed by atoms with Gasteiger partial charge in [0.2, 0.25) is 11.8 Å². The smallest absolute Gasteiger partial charge is 0.265 e. The summed E-state index contributed by atoms with van der Waals surface area (Å²) in [6, 6.07) is 0. The van der Waals surface area contributed by atoms with Gasteiger partial charge in [-0.15, -0.1) is 0 Å².